The lowest BCUT2D eigenvalue weighted by molar-refractivity contribution is 0.111. The number of rotatable bonds is 3. The predicted molar refractivity (Wildman–Crippen MR) is 63.3 cm³/mol. The summed E-state index contributed by atoms with van der Waals surface area (Å²) < 4.78 is 14.6. The van der Waals surface area contributed by atoms with Crippen molar-refractivity contribution in [2.45, 2.75) is 25.2 Å². The first kappa shape index (κ1) is 11.1. The van der Waals surface area contributed by atoms with Gasteiger partial charge in [-0.05, 0) is 37.1 Å². The second-order valence-corrected chi connectivity index (χ2v) is 4.49. The minimum absolute atomic E-state index is 0.292. The number of halogens is 1. The fraction of sp³-hybridized carbons (Fsp3) is 0.308. The summed E-state index contributed by atoms with van der Waals surface area (Å²) in [6.45, 7) is 0. The lowest BCUT2D eigenvalue weighted by atomic mass is 9.82. The van der Waals surface area contributed by atoms with E-state index >= 15 is 0 Å². The predicted octanol–water partition coefficient (Wildman–Crippen LogP) is 2.49. The molecular weight excluding hydrogens is 233 g/mol. The van der Waals surface area contributed by atoms with Gasteiger partial charge in [-0.25, -0.2) is 9.07 Å². The van der Waals surface area contributed by atoms with Gasteiger partial charge in [0.25, 0.3) is 0 Å². The Morgan fingerprint density at radius 3 is 2.56 bits per heavy atom. The molecule has 5 heteroatoms. The van der Waals surface area contributed by atoms with Crippen molar-refractivity contribution in [3.63, 3.8) is 0 Å². The smallest absolute Gasteiger partial charge is 0.172 e. The maximum atomic E-state index is 12.9. The zero-order valence-electron chi connectivity index (χ0n) is 9.71. The monoisotopic (exact) mass is 245 g/mol. The number of aromatic nitrogens is 3. The van der Waals surface area contributed by atoms with Gasteiger partial charge >= 0.3 is 0 Å². The Kier molecular flexibility index (Phi) is 2.66. The van der Waals surface area contributed by atoms with Gasteiger partial charge in [-0.1, -0.05) is 11.6 Å². The van der Waals surface area contributed by atoms with E-state index in [4.69, 9.17) is 0 Å². The normalized spacial score (nSPS) is 15.4. The van der Waals surface area contributed by atoms with Crippen LogP contribution in [0.15, 0.2) is 24.3 Å². The minimum atomic E-state index is -0.292. The standard InChI is InChI=1S/C13H12FN3O/c14-10-4-6-11(7-5-10)17-13(9-2-1-3-9)12(8-18)15-16-17/h4-9H,1-3H2. The number of benzene rings is 1. The third-order valence-corrected chi connectivity index (χ3v) is 3.41. The summed E-state index contributed by atoms with van der Waals surface area (Å²) in [5.41, 5.74) is 1.98. The lowest BCUT2D eigenvalue weighted by Gasteiger charge is -2.25. The molecule has 4 nitrogen and oxygen atoms in total. The molecule has 2 aromatic rings. The molecule has 1 aliphatic carbocycles. The number of hydrogen-bond acceptors (Lipinski definition) is 3. The second-order valence-electron chi connectivity index (χ2n) is 4.49. The van der Waals surface area contributed by atoms with Crippen LogP contribution in [0.1, 0.15) is 41.4 Å². The summed E-state index contributed by atoms with van der Waals surface area (Å²) in [6.07, 6.45) is 4.00. The zero-order valence-corrected chi connectivity index (χ0v) is 9.71. The summed E-state index contributed by atoms with van der Waals surface area (Å²) >= 11 is 0. The summed E-state index contributed by atoms with van der Waals surface area (Å²) in [5.74, 6) is 0.0462. The molecule has 1 saturated carbocycles. The molecule has 1 aromatic heterocycles. The van der Waals surface area contributed by atoms with Crippen LogP contribution in [0.3, 0.4) is 0 Å². The quantitative estimate of drug-likeness (QED) is 0.780. The number of aldehydes is 1. The Morgan fingerprint density at radius 1 is 1.28 bits per heavy atom. The molecule has 0 amide bonds. The van der Waals surface area contributed by atoms with E-state index < -0.39 is 0 Å². The molecule has 1 aliphatic rings. The molecule has 0 bridgehead atoms. The van der Waals surface area contributed by atoms with Gasteiger partial charge in [0, 0.05) is 5.92 Å². The first-order valence-electron chi connectivity index (χ1n) is 5.96. The van der Waals surface area contributed by atoms with Crippen molar-refractivity contribution in [1.82, 2.24) is 15.0 Å². The Labute approximate surface area is 103 Å². The van der Waals surface area contributed by atoms with Crippen LogP contribution in [-0.4, -0.2) is 21.3 Å². The maximum Gasteiger partial charge on any atom is 0.172 e. The molecule has 1 fully saturated rings. The van der Waals surface area contributed by atoms with Crippen molar-refractivity contribution >= 4 is 6.29 Å². The van der Waals surface area contributed by atoms with Gasteiger partial charge in [-0.2, -0.15) is 0 Å². The van der Waals surface area contributed by atoms with E-state index in [9.17, 15) is 9.18 Å². The third kappa shape index (κ3) is 1.72. The van der Waals surface area contributed by atoms with Crippen LogP contribution >= 0.6 is 0 Å². The van der Waals surface area contributed by atoms with Gasteiger partial charge in [-0.15, -0.1) is 5.10 Å². The van der Waals surface area contributed by atoms with Crippen LogP contribution in [0.2, 0.25) is 0 Å². The molecule has 0 unspecified atom stereocenters. The van der Waals surface area contributed by atoms with E-state index in [0.29, 0.717) is 11.6 Å². The SMILES string of the molecule is O=Cc1nnn(-c2ccc(F)cc2)c1C1CCC1. The highest BCUT2D eigenvalue weighted by molar-refractivity contribution is 5.74. The van der Waals surface area contributed by atoms with Gasteiger partial charge in [-0.3, -0.25) is 4.79 Å². The highest BCUT2D eigenvalue weighted by Gasteiger charge is 2.28. The van der Waals surface area contributed by atoms with Crippen molar-refractivity contribution in [3.8, 4) is 5.69 Å². The van der Waals surface area contributed by atoms with Crippen molar-refractivity contribution in [3.05, 3.63) is 41.5 Å². The number of carbonyl (C=O) groups excluding carboxylic acids is 1. The van der Waals surface area contributed by atoms with Crippen LogP contribution in [0.4, 0.5) is 4.39 Å². The van der Waals surface area contributed by atoms with Crippen LogP contribution in [0.25, 0.3) is 5.69 Å². The van der Waals surface area contributed by atoms with E-state index in [0.717, 1.165) is 36.9 Å². The van der Waals surface area contributed by atoms with Crippen LogP contribution in [-0.2, 0) is 0 Å². The number of hydrogen-bond donors (Lipinski definition) is 0. The Bertz CT molecular complexity index is 572. The summed E-state index contributed by atoms with van der Waals surface area (Å²) in [6, 6.07) is 6.03. The molecule has 1 heterocycles. The van der Waals surface area contributed by atoms with Crippen molar-refractivity contribution in [2.75, 3.05) is 0 Å². The van der Waals surface area contributed by atoms with Gasteiger partial charge in [0.2, 0.25) is 0 Å². The zero-order chi connectivity index (χ0) is 12.5. The fourth-order valence-corrected chi connectivity index (χ4v) is 2.22. The average molecular weight is 245 g/mol. The molecule has 0 aliphatic heterocycles. The van der Waals surface area contributed by atoms with E-state index in [1.165, 1.54) is 12.1 Å². The maximum absolute atomic E-state index is 12.9. The largest absolute Gasteiger partial charge is 0.296 e. The van der Waals surface area contributed by atoms with Crippen LogP contribution in [0, 0.1) is 5.82 Å². The summed E-state index contributed by atoms with van der Waals surface area (Å²) in [7, 11) is 0. The molecular formula is C13H12FN3O. The third-order valence-electron chi connectivity index (χ3n) is 3.41. The molecule has 0 atom stereocenters. The highest BCUT2D eigenvalue weighted by Crippen LogP contribution is 2.37. The summed E-state index contributed by atoms with van der Waals surface area (Å²) in [4.78, 5) is 11.0. The van der Waals surface area contributed by atoms with E-state index in [2.05, 4.69) is 10.3 Å². The molecule has 0 saturated heterocycles. The van der Waals surface area contributed by atoms with Gasteiger partial charge in [0.1, 0.15) is 11.5 Å². The molecule has 18 heavy (non-hydrogen) atoms. The highest BCUT2D eigenvalue weighted by atomic mass is 19.1. The van der Waals surface area contributed by atoms with E-state index in [1.54, 1.807) is 16.8 Å². The minimum Gasteiger partial charge on any atom is -0.296 e. The van der Waals surface area contributed by atoms with Gasteiger partial charge in [0.05, 0.1) is 11.4 Å². The summed E-state index contributed by atoms with van der Waals surface area (Å²) in [5, 5.41) is 7.89. The Hall–Kier alpha value is -2.04. The van der Waals surface area contributed by atoms with Crippen LogP contribution in [0.5, 0.6) is 0 Å². The lowest BCUT2D eigenvalue weighted by Crippen LogP contribution is -2.15. The van der Waals surface area contributed by atoms with Crippen molar-refractivity contribution in [2.24, 2.45) is 0 Å². The van der Waals surface area contributed by atoms with Crippen molar-refractivity contribution < 1.29 is 9.18 Å². The Morgan fingerprint density at radius 2 is 2.00 bits per heavy atom. The second kappa shape index (κ2) is 4.33. The molecule has 3 rings (SSSR count). The first-order valence-corrected chi connectivity index (χ1v) is 5.96. The molecule has 0 spiro atoms. The molecule has 0 radical (unpaired) electrons. The molecule has 0 N–H and O–H groups in total. The van der Waals surface area contributed by atoms with Crippen LogP contribution < -0.4 is 0 Å². The van der Waals surface area contributed by atoms with Gasteiger partial charge < -0.3 is 0 Å². The van der Waals surface area contributed by atoms with E-state index in [-0.39, 0.29) is 5.82 Å². The topological polar surface area (TPSA) is 47.8 Å². The van der Waals surface area contributed by atoms with Gasteiger partial charge in [0.15, 0.2) is 6.29 Å². The fourth-order valence-electron chi connectivity index (χ4n) is 2.22. The Balaban J connectivity index is 2.08. The number of carbonyl (C=O) groups is 1. The van der Waals surface area contributed by atoms with Crippen molar-refractivity contribution in [1.29, 1.82) is 0 Å². The first-order chi connectivity index (χ1) is 8.79. The van der Waals surface area contributed by atoms with E-state index in [1.807, 2.05) is 0 Å². The average Bonchev–Trinajstić information content (AvgIpc) is 2.72. The molecule has 92 valence electrons. The molecule has 1 aromatic carbocycles. The number of nitrogens with zero attached hydrogens (tertiary/aromatic N) is 3.